The Morgan fingerprint density at radius 2 is 1.39 bits per heavy atom. The van der Waals surface area contributed by atoms with Gasteiger partial charge in [0.25, 0.3) is 0 Å². The number of halogens is 6. The van der Waals surface area contributed by atoms with Crippen molar-refractivity contribution in [1.82, 2.24) is 10.3 Å². The van der Waals surface area contributed by atoms with Gasteiger partial charge in [-0.05, 0) is 125 Å². The molecule has 23 heteroatoms. The summed E-state index contributed by atoms with van der Waals surface area (Å²) in [4.78, 5) is 28.1. The normalized spacial score (nSPS) is 42.5. The molecule has 2 unspecified atom stereocenters. The zero-order chi connectivity index (χ0) is 53.0. The number of hydrogen-bond donors (Lipinski definition) is 2. The largest absolute Gasteiger partial charge is 0.549 e. The Morgan fingerprint density at radius 1 is 0.797 bits per heavy atom. The molecule has 4 bridgehead atoms. The summed E-state index contributed by atoms with van der Waals surface area (Å²) in [6, 6.07) is 3.16. The average Bonchev–Trinajstić information content (AvgIpc) is 3.75. The minimum atomic E-state index is -4.93. The van der Waals surface area contributed by atoms with Crippen LogP contribution in [0.4, 0.5) is 26.3 Å². The van der Waals surface area contributed by atoms with Gasteiger partial charge in [-0.25, -0.2) is 29.1 Å². The zero-order valence-corrected chi connectivity index (χ0v) is 43.9. The number of para-hydroxylation sites is 1. The first-order valence-corrected chi connectivity index (χ1v) is 27.7. The van der Waals surface area contributed by atoms with Crippen molar-refractivity contribution in [2.75, 3.05) is 20.8 Å². The number of aliphatic hydroxyl groups excluding tert-OH is 1. The number of nitrogens with zero attached hydrogens (tertiary/aromatic N) is 2. The lowest BCUT2D eigenvalue weighted by Gasteiger charge is -2.61. The highest BCUT2D eigenvalue weighted by Gasteiger charge is 2.72. The van der Waals surface area contributed by atoms with E-state index >= 15 is 0 Å². The van der Waals surface area contributed by atoms with Crippen LogP contribution in [0, 0.1) is 47.3 Å². The monoisotopic (exact) mass is 1080 g/mol. The molecule has 2 aromatic rings. The van der Waals surface area contributed by atoms with Crippen molar-refractivity contribution in [1.29, 1.82) is 0 Å². The summed E-state index contributed by atoms with van der Waals surface area (Å²) in [6.45, 7) is 13.4. The van der Waals surface area contributed by atoms with E-state index in [4.69, 9.17) is 52.2 Å². The fourth-order valence-corrected chi connectivity index (χ4v) is 14.9. The van der Waals surface area contributed by atoms with Gasteiger partial charge in [0.2, 0.25) is 11.6 Å². The summed E-state index contributed by atoms with van der Waals surface area (Å²) in [5.74, 6) is -0.250. The molecule has 2 saturated carbocycles. The Kier molecular flexibility index (Phi) is 14.8. The van der Waals surface area contributed by atoms with Crippen LogP contribution in [0.1, 0.15) is 142 Å². The molecule has 2 spiro atoms. The van der Waals surface area contributed by atoms with Crippen molar-refractivity contribution < 1.29 is 88.2 Å². The van der Waals surface area contributed by atoms with E-state index in [0.717, 1.165) is 63.9 Å². The van der Waals surface area contributed by atoms with Crippen molar-refractivity contribution >= 4 is 24.4 Å². The van der Waals surface area contributed by atoms with Gasteiger partial charge in [-0.15, -0.1) is 0 Å². The van der Waals surface area contributed by atoms with Gasteiger partial charge in [0.1, 0.15) is 11.8 Å². The van der Waals surface area contributed by atoms with Gasteiger partial charge < -0.3 is 29.4 Å². The molecule has 13 rings (SSSR count). The number of phosphoric acid groups is 1. The minimum Gasteiger partial charge on any atom is -0.387 e. The Bertz CT molecular complexity index is 2460. The number of aromatic nitrogens is 1. The number of benzene rings is 1. The van der Waals surface area contributed by atoms with Crippen molar-refractivity contribution in [2.45, 2.75) is 191 Å². The second-order valence-corrected chi connectivity index (χ2v) is 24.5. The van der Waals surface area contributed by atoms with Crippen LogP contribution >= 0.6 is 7.82 Å². The lowest BCUT2D eigenvalue weighted by molar-refractivity contribution is -0.571. The van der Waals surface area contributed by atoms with E-state index in [2.05, 4.69) is 43.2 Å². The van der Waals surface area contributed by atoms with Crippen LogP contribution in [0.3, 0.4) is 0 Å². The third kappa shape index (κ3) is 9.46. The number of aliphatic hydroxyl groups is 1. The number of fused-ring (bicyclic) bond motifs is 5. The van der Waals surface area contributed by atoms with Crippen LogP contribution < -0.4 is 5.32 Å². The summed E-state index contributed by atoms with van der Waals surface area (Å²) in [6.07, 6.45) is -3.42. The second kappa shape index (κ2) is 20.0. The molecule has 9 saturated heterocycles. The second-order valence-electron chi connectivity index (χ2n) is 22.7. The number of alkyl halides is 6. The highest BCUT2D eigenvalue weighted by atomic mass is 31.2. The van der Waals surface area contributed by atoms with Crippen LogP contribution in [-0.2, 0) is 69.1 Å². The topological polar surface area (TPSA) is 176 Å². The van der Waals surface area contributed by atoms with Crippen LogP contribution in [0.2, 0.25) is 0 Å². The highest BCUT2D eigenvalue weighted by Crippen LogP contribution is 2.63. The molecular formula is C51H70F6N3O13P. The summed E-state index contributed by atoms with van der Waals surface area (Å²) < 4.78 is 135. The predicted octanol–water partition coefficient (Wildman–Crippen LogP) is 11.1. The summed E-state index contributed by atoms with van der Waals surface area (Å²) in [7, 11) is -1.41. The van der Waals surface area contributed by atoms with Crippen LogP contribution in [0.5, 0.6) is 0 Å². The number of ether oxygens (including phenoxy) is 4. The number of nitrogens with one attached hydrogen (secondary N) is 1. The van der Waals surface area contributed by atoms with E-state index in [-0.39, 0.29) is 52.6 Å². The zero-order valence-electron chi connectivity index (χ0n) is 43.0. The Labute approximate surface area is 426 Å². The number of hydrogen-bond acceptors (Lipinski definition) is 16. The third-order valence-corrected chi connectivity index (χ3v) is 19.6. The summed E-state index contributed by atoms with van der Waals surface area (Å²) in [5, 5.41) is 18.0. The van der Waals surface area contributed by atoms with E-state index in [9.17, 15) is 36.0 Å². The number of piperidine rings is 1. The maximum Gasteiger partial charge on any atom is 0.549 e. The van der Waals surface area contributed by atoms with Crippen molar-refractivity contribution in [3.63, 3.8) is 0 Å². The number of phosphoric ester groups is 1. The first-order chi connectivity index (χ1) is 34.9. The molecule has 414 valence electrons. The predicted molar refractivity (Wildman–Crippen MR) is 251 cm³/mol. The Morgan fingerprint density at radius 3 is 1.95 bits per heavy atom. The Balaban J connectivity index is 0.000000204. The molecule has 2 N–H and O–H groups in total. The van der Waals surface area contributed by atoms with Gasteiger partial charge in [0.15, 0.2) is 23.8 Å². The third-order valence-electron chi connectivity index (χ3n) is 18.4. The quantitative estimate of drug-likeness (QED) is 0.0797. The maximum atomic E-state index is 13.2. The molecule has 0 amide bonds. The van der Waals surface area contributed by atoms with E-state index in [1.165, 1.54) is 20.3 Å². The van der Waals surface area contributed by atoms with E-state index in [1.54, 1.807) is 0 Å². The first kappa shape index (κ1) is 54.8. The molecule has 11 fully saturated rings. The van der Waals surface area contributed by atoms with Gasteiger partial charge >= 0.3 is 20.2 Å². The molecule has 1 aromatic carbocycles. The molecule has 1 aromatic heterocycles. The lowest BCUT2D eigenvalue weighted by Crippen LogP contribution is -2.71. The molecule has 10 heterocycles. The van der Waals surface area contributed by atoms with Crippen LogP contribution in [0.15, 0.2) is 29.4 Å². The molecule has 2 aliphatic carbocycles. The number of rotatable bonds is 9. The average molecular weight is 1080 g/mol. The van der Waals surface area contributed by atoms with Gasteiger partial charge in [0, 0.05) is 56.7 Å². The molecule has 18 atom stereocenters. The standard InChI is InChI=1S/C34H54NO12P.C17H16F6N2O/c1-18-9-11-24-20(3)27(39-29-33(24)22(18)13-15-31(5,41-29)43-45-33)17-26(35-47-48(36,37-7)38-8)28-21(4)25-12-10-19(2)23-14-16-32(6)42-30(40-28)34(23,25)46-44-32;18-16(19,20)11-5-3-4-9-10(15(26)12-6-1-2-7-24-12)8-13(17(21,22)23)25-14(9)11/h18-25,27-30H,9-17H2,1-8H3;3-5,8,12,15,24,26H,1-2,6-7H2/b35-26-;/t18-,19-,20-,21-,22+,23+,24+,25+,27-,28+,29-,30-,31?,32?,33-,34-;12-,15+/m11/s1. The SMILES string of the molecule is COP(=O)(OC)O/N=C(/C[C@H]1O[C@@H]2OC3(C)CC[C@H]4[C@H](C)CC[C@@H]([C@H]1C)[C@@]24OO3)[C@H]1O[C@@H]2OC3(C)CC[C@H]4[C@H](C)CC[C@@H]([C@H]1C)[C@@]24OO3.O[C@@H](c1cc(C(F)(F)F)nc2c(C(F)(F)F)cccc12)[C@H]1CCCCN1. The van der Waals surface area contributed by atoms with Crippen LogP contribution in [0.25, 0.3) is 10.9 Å². The molecular weight excluding hydrogens is 1010 g/mol. The number of oxime groups is 1. The van der Waals surface area contributed by atoms with Crippen molar-refractivity contribution in [3.8, 4) is 0 Å². The van der Waals surface area contributed by atoms with Crippen LogP contribution in [-0.4, -0.2) is 90.2 Å². The van der Waals surface area contributed by atoms with Gasteiger partial charge in [0.05, 0.1) is 29.0 Å². The van der Waals surface area contributed by atoms with E-state index < -0.39 is 90.6 Å². The van der Waals surface area contributed by atoms with Gasteiger partial charge in [-0.1, -0.05) is 51.4 Å². The molecule has 74 heavy (non-hydrogen) atoms. The highest BCUT2D eigenvalue weighted by molar-refractivity contribution is 7.48. The van der Waals surface area contributed by atoms with E-state index in [1.807, 2.05) is 13.8 Å². The fraction of sp³-hybridized carbons (Fsp3) is 0.804. The maximum absolute atomic E-state index is 13.2. The van der Waals surface area contributed by atoms with Crippen molar-refractivity contribution in [3.05, 3.63) is 41.1 Å². The lowest BCUT2D eigenvalue weighted by atomic mass is 9.56. The first-order valence-electron chi connectivity index (χ1n) is 26.3. The molecule has 9 aliphatic heterocycles. The fourth-order valence-electron chi connectivity index (χ4n) is 14.4. The summed E-state index contributed by atoms with van der Waals surface area (Å²) in [5.41, 5.74) is -4.59. The van der Waals surface area contributed by atoms with Gasteiger partial charge in [-0.3, -0.25) is 13.7 Å². The Hall–Kier alpha value is -2.57. The number of pyridine rings is 1. The minimum absolute atomic E-state index is 0.0543. The summed E-state index contributed by atoms with van der Waals surface area (Å²) >= 11 is 0. The smallest absolute Gasteiger partial charge is 0.387 e. The van der Waals surface area contributed by atoms with E-state index in [0.29, 0.717) is 55.5 Å². The van der Waals surface area contributed by atoms with Gasteiger partial charge in [-0.2, -0.15) is 26.3 Å². The molecule has 11 aliphatic rings. The molecule has 0 radical (unpaired) electrons. The molecule has 16 nitrogen and oxygen atoms in total. The van der Waals surface area contributed by atoms with Crippen molar-refractivity contribution in [2.24, 2.45) is 52.5 Å².